The lowest BCUT2D eigenvalue weighted by Crippen LogP contribution is -2.38. The third-order valence-corrected chi connectivity index (χ3v) is 2.53. The van der Waals surface area contributed by atoms with Crippen molar-refractivity contribution in [3.63, 3.8) is 0 Å². The summed E-state index contributed by atoms with van der Waals surface area (Å²) in [4.78, 5) is 11.2. The van der Waals surface area contributed by atoms with Crippen molar-refractivity contribution in [1.29, 1.82) is 0 Å². The normalized spacial score (nSPS) is 25.8. The Balaban J connectivity index is 2.28. The predicted octanol–water partition coefficient (Wildman–Crippen LogP) is 1.06. The number of aliphatic hydroxyl groups is 1. The Kier molecular flexibility index (Phi) is 4.46. The maximum absolute atomic E-state index is 11.2. The molecule has 2 unspecified atom stereocenters. The summed E-state index contributed by atoms with van der Waals surface area (Å²) < 4.78 is 4.80. The lowest BCUT2D eigenvalue weighted by atomic mass is 10.1. The molecule has 0 spiro atoms. The molecule has 14 heavy (non-hydrogen) atoms. The largest absolute Gasteiger partial charge is 0.445 e. The van der Waals surface area contributed by atoms with Gasteiger partial charge in [0.15, 0.2) is 0 Å². The molecule has 1 fully saturated rings. The van der Waals surface area contributed by atoms with Crippen LogP contribution in [0.4, 0.5) is 4.79 Å². The summed E-state index contributed by atoms with van der Waals surface area (Å²) in [6, 6.07) is 0.0670. The molecule has 0 bridgehead atoms. The minimum absolute atomic E-state index is 0.0670. The molecule has 1 aliphatic carbocycles. The van der Waals surface area contributed by atoms with E-state index in [4.69, 9.17) is 9.84 Å². The minimum Gasteiger partial charge on any atom is -0.445 e. The fraction of sp³-hybridized carbons (Fsp3) is 0.700. The Morgan fingerprint density at radius 2 is 2.43 bits per heavy atom. The van der Waals surface area contributed by atoms with Gasteiger partial charge < -0.3 is 15.2 Å². The van der Waals surface area contributed by atoms with Gasteiger partial charge >= 0.3 is 6.09 Å². The lowest BCUT2D eigenvalue weighted by Gasteiger charge is -2.18. The van der Waals surface area contributed by atoms with E-state index in [9.17, 15) is 4.79 Å². The maximum atomic E-state index is 11.2. The van der Waals surface area contributed by atoms with Gasteiger partial charge in [-0.15, -0.1) is 0 Å². The van der Waals surface area contributed by atoms with Gasteiger partial charge in [-0.3, -0.25) is 0 Å². The Morgan fingerprint density at radius 1 is 1.64 bits per heavy atom. The van der Waals surface area contributed by atoms with Crippen molar-refractivity contribution >= 4 is 6.09 Å². The molecule has 2 atom stereocenters. The van der Waals surface area contributed by atoms with E-state index in [1.807, 2.05) is 0 Å². The molecule has 2 N–H and O–H groups in total. The van der Waals surface area contributed by atoms with E-state index in [0.717, 1.165) is 19.3 Å². The summed E-state index contributed by atoms with van der Waals surface area (Å²) in [5, 5.41) is 11.8. The van der Waals surface area contributed by atoms with Gasteiger partial charge in [0, 0.05) is 18.6 Å². The number of alkyl carbamates (subject to hydrolysis) is 1. The molecular weight excluding hydrogens is 182 g/mol. The van der Waals surface area contributed by atoms with Crippen LogP contribution in [0.15, 0.2) is 12.7 Å². The highest BCUT2D eigenvalue weighted by Gasteiger charge is 2.28. The summed E-state index contributed by atoms with van der Waals surface area (Å²) in [7, 11) is 0. The number of aliphatic hydroxyl groups excluding tert-OH is 1. The second-order valence-electron chi connectivity index (χ2n) is 3.51. The number of hydrogen-bond donors (Lipinski definition) is 2. The van der Waals surface area contributed by atoms with Crippen molar-refractivity contribution in [3.8, 4) is 0 Å². The van der Waals surface area contributed by atoms with Gasteiger partial charge in [-0.1, -0.05) is 19.1 Å². The fourth-order valence-electron chi connectivity index (χ4n) is 1.77. The number of nitrogens with one attached hydrogen (secondary N) is 1. The van der Waals surface area contributed by atoms with Gasteiger partial charge in [0.2, 0.25) is 0 Å². The number of rotatable bonds is 4. The van der Waals surface area contributed by atoms with Gasteiger partial charge in [-0.2, -0.15) is 0 Å². The van der Waals surface area contributed by atoms with Crippen LogP contribution in [0.1, 0.15) is 19.3 Å². The molecule has 1 aliphatic rings. The maximum Gasteiger partial charge on any atom is 0.407 e. The van der Waals surface area contributed by atoms with Crippen LogP contribution in [-0.4, -0.2) is 30.5 Å². The molecule has 0 radical (unpaired) electrons. The first-order valence-electron chi connectivity index (χ1n) is 4.93. The quantitative estimate of drug-likeness (QED) is 0.665. The Bertz CT molecular complexity index is 206. The Hall–Kier alpha value is -1.03. The summed E-state index contributed by atoms with van der Waals surface area (Å²) >= 11 is 0. The zero-order valence-corrected chi connectivity index (χ0v) is 8.24. The average Bonchev–Trinajstić information content (AvgIpc) is 2.62. The van der Waals surface area contributed by atoms with E-state index >= 15 is 0 Å². The third kappa shape index (κ3) is 3.03. The summed E-state index contributed by atoms with van der Waals surface area (Å²) in [6.07, 6.45) is 4.06. The Morgan fingerprint density at radius 3 is 3.07 bits per heavy atom. The first kappa shape index (κ1) is 11.0. The molecule has 0 saturated heterocycles. The number of amides is 1. The third-order valence-electron chi connectivity index (χ3n) is 2.53. The molecule has 1 saturated carbocycles. The molecule has 0 aromatic heterocycles. The van der Waals surface area contributed by atoms with E-state index in [1.165, 1.54) is 6.08 Å². The van der Waals surface area contributed by atoms with Crippen molar-refractivity contribution in [2.75, 3.05) is 13.2 Å². The summed E-state index contributed by atoms with van der Waals surface area (Å²) in [5.41, 5.74) is 0. The van der Waals surface area contributed by atoms with Crippen LogP contribution >= 0.6 is 0 Å². The van der Waals surface area contributed by atoms with Gasteiger partial charge in [0.05, 0.1) is 0 Å². The van der Waals surface area contributed by atoms with Crippen molar-refractivity contribution in [1.82, 2.24) is 5.32 Å². The highest BCUT2D eigenvalue weighted by Crippen LogP contribution is 2.24. The molecular formula is C10H17NO3. The van der Waals surface area contributed by atoms with Crippen molar-refractivity contribution < 1.29 is 14.6 Å². The zero-order chi connectivity index (χ0) is 10.4. The summed E-state index contributed by atoms with van der Waals surface area (Å²) in [5.74, 6) is 0.186. The number of ether oxygens (including phenoxy) is 1. The van der Waals surface area contributed by atoms with Gasteiger partial charge in [0.25, 0.3) is 0 Å². The van der Waals surface area contributed by atoms with Crippen LogP contribution in [0.25, 0.3) is 0 Å². The molecule has 4 heteroatoms. The number of carbonyl (C=O) groups excluding carboxylic acids is 1. The van der Waals surface area contributed by atoms with E-state index in [-0.39, 0.29) is 25.2 Å². The van der Waals surface area contributed by atoms with Gasteiger partial charge in [-0.05, 0) is 12.8 Å². The van der Waals surface area contributed by atoms with E-state index in [1.54, 1.807) is 0 Å². The van der Waals surface area contributed by atoms with Crippen LogP contribution in [0, 0.1) is 5.92 Å². The SMILES string of the molecule is C=CCOC(=O)NC1CCCC1CO. The van der Waals surface area contributed by atoms with Crippen molar-refractivity contribution in [3.05, 3.63) is 12.7 Å². The van der Waals surface area contributed by atoms with Gasteiger partial charge in [-0.25, -0.2) is 4.79 Å². The number of hydrogen-bond acceptors (Lipinski definition) is 3. The minimum atomic E-state index is -0.421. The monoisotopic (exact) mass is 199 g/mol. The van der Waals surface area contributed by atoms with Crippen molar-refractivity contribution in [2.45, 2.75) is 25.3 Å². The molecule has 1 rings (SSSR count). The van der Waals surface area contributed by atoms with Crippen LogP contribution in [0.5, 0.6) is 0 Å². The van der Waals surface area contributed by atoms with E-state index < -0.39 is 6.09 Å². The van der Waals surface area contributed by atoms with Crippen LogP contribution in [-0.2, 0) is 4.74 Å². The molecule has 4 nitrogen and oxygen atoms in total. The summed E-state index contributed by atoms with van der Waals surface area (Å²) in [6.45, 7) is 3.81. The average molecular weight is 199 g/mol. The smallest absolute Gasteiger partial charge is 0.407 e. The second kappa shape index (κ2) is 5.65. The second-order valence-corrected chi connectivity index (χ2v) is 3.51. The van der Waals surface area contributed by atoms with Crippen LogP contribution in [0.2, 0.25) is 0 Å². The highest BCUT2D eigenvalue weighted by molar-refractivity contribution is 5.67. The first-order chi connectivity index (χ1) is 6.77. The van der Waals surface area contributed by atoms with Crippen LogP contribution < -0.4 is 5.32 Å². The molecule has 0 aromatic carbocycles. The number of carbonyl (C=O) groups is 1. The standard InChI is InChI=1S/C10H17NO3/c1-2-6-14-10(13)11-9-5-3-4-8(9)7-12/h2,8-9,12H,1,3-7H2,(H,11,13). The Labute approximate surface area is 83.9 Å². The highest BCUT2D eigenvalue weighted by atomic mass is 16.5. The lowest BCUT2D eigenvalue weighted by molar-refractivity contribution is 0.144. The van der Waals surface area contributed by atoms with Crippen LogP contribution in [0.3, 0.4) is 0 Å². The zero-order valence-electron chi connectivity index (χ0n) is 8.24. The first-order valence-corrected chi connectivity index (χ1v) is 4.93. The molecule has 1 amide bonds. The van der Waals surface area contributed by atoms with Gasteiger partial charge in [0.1, 0.15) is 6.61 Å². The fourth-order valence-corrected chi connectivity index (χ4v) is 1.77. The van der Waals surface area contributed by atoms with E-state index in [2.05, 4.69) is 11.9 Å². The predicted molar refractivity (Wildman–Crippen MR) is 52.9 cm³/mol. The topological polar surface area (TPSA) is 58.6 Å². The molecule has 0 aromatic rings. The molecule has 0 heterocycles. The van der Waals surface area contributed by atoms with E-state index in [0.29, 0.717) is 0 Å². The molecule has 0 aliphatic heterocycles. The molecule has 80 valence electrons. The van der Waals surface area contributed by atoms with Crippen molar-refractivity contribution in [2.24, 2.45) is 5.92 Å².